The molecule has 1 saturated carbocycles. The van der Waals surface area contributed by atoms with Crippen molar-refractivity contribution >= 4 is 17.5 Å². The summed E-state index contributed by atoms with van der Waals surface area (Å²) in [6.45, 7) is 4.63. The fourth-order valence-electron chi connectivity index (χ4n) is 3.41. The SMILES string of the molecule is O=C(C1CC1)N1CCN(Cc2cc(Cl)ccc2OCc2cccnc2)CC1. The Kier molecular flexibility index (Phi) is 5.60. The molecule has 4 rings (SSSR count). The van der Waals surface area contributed by atoms with Crippen LogP contribution in [-0.4, -0.2) is 46.9 Å². The molecule has 0 spiro atoms. The number of ether oxygens (including phenoxy) is 1. The van der Waals surface area contributed by atoms with Crippen LogP contribution < -0.4 is 4.74 Å². The quantitative estimate of drug-likeness (QED) is 0.764. The van der Waals surface area contributed by atoms with Crippen molar-refractivity contribution in [2.75, 3.05) is 26.2 Å². The number of piperazine rings is 1. The van der Waals surface area contributed by atoms with Gasteiger partial charge in [0, 0.05) is 67.2 Å². The Morgan fingerprint density at radius 1 is 1.19 bits per heavy atom. The molecule has 1 saturated heterocycles. The molecule has 0 atom stereocenters. The van der Waals surface area contributed by atoms with Crippen molar-refractivity contribution in [3.05, 3.63) is 58.9 Å². The second-order valence-corrected chi connectivity index (χ2v) is 7.71. The largest absolute Gasteiger partial charge is 0.489 e. The summed E-state index contributed by atoms with van der Waals surface area (Å²) in [6, 6.07) is 9.67. The first-order chi connectivity index (χ1) is 13.2. The van der Waals surface area contributed by atoms with Gasteiger partial charge in [-0.1, -0.05) is 17.7 Å². The highest BCUT2D eigenvalue weighted by atomic mass is 35.5. The maximum Gasteiger partial charge on any atom is 0.225 e. The van der Waals surface area contributed by atoms with Gasteiger partial charge in [0.25, 0.3) is 0 Å². The molecule has 2 heterocycles. The fourth-order valence-corrected chi connectivity index (χ4v) is 3.61. The smallest absolute Gasteiger partial charge is 0.225 e. The summed E-state index contributed by atoms with van der Waals surface area (Å²) in [6.07, 6.45) is 5.70. The number of carbonyl (C=O) groups is 1. The summed E-state index contributed by atoms with van der Waals surface area (Å²) in [4.78, 5) is 20.7. The number of benzene rings is 1. The van der Waals surface area contributed by atoms with Crippen LogP contribution in [-0.2, 0) is 17.9 Å². The molecule has 1 aliphatic heterocycles. The van der Waals surface area contributed by atoms with Gasteiger partial charge in [0.2, 0.25) is 5.91 Å². The van der Waals surface area contributed by atoms with Gasteiger partial charge in [-0.2, -0.15) is 0 Å². The van der Waals surface area contributed by atoms with E-state index in [1.165, 1.54) is 0 Å². The minimum absolute atomic E-state index is 0.303. The number of hydrogen-bond donors (Lipinski definition) is 0. The highest BCUT2D eigenvalue weighted by Crippen LogP contribution is 2.31. The van der Waals surface area contributed by atoms with Crippen LogP contribution in [0.1, 0.15) is 24.0 Å². The molecule has 1 aliphatic carbocycles. The van der Waals surface area contributed by atoms with E-state index in [1.807, 2.05) is 41.4 Å². The number of amides is 1. The van der Waals surface area contributed by atoms with Gasteiger partial charge in [-0.25, -0.2) is 0 Å². The molecule has 1 amide bonds. The minimum Gasteiger partial charge on any atom is -0.489 e. The molecule has 5 nitrogen and oxygen atoms in total. The van der Waals surface area contributed by atoms with Crippen molar-refractivity contribution in [3.63, 3.8) is 0 Å². The summed E-state index contributed by atoms with van der Waals surface area (Å²) in [5.74, 6) is 1.49. The van der Waals surface area contributed by atoms with Crippen LogP contribution in [0.5, 0.6) is 5.75 Å². The topological polar surface area (TPSA) is 45.7 Å². The van der Waals surface area contributed by atoms with E-state index in [4.69, 9.17) is 16.3 Å². The first-order valence-corrected chi connectivity index (χ1v) is 9.88. The zero-order valence-corrected chi connectivity index (χ0v) is 16.1. The Labute approximate surface area is 164 Å². The zero-order valence-electron chi connectivity index (χ0n) is 15.3. The maximum absolute atomic E-state index is 12.2. The number of nitrogens with zero attached hydrogens (tertiary/aromatic N) is 3. The normalized spacial score (nSPS) is 17.7. The highest BCUT2D eigenvalue weighted by molar-refractivity contribution is 6.30. The van der Waals surface area contributed by atoms with E-state index in [1.54, 1.807) is 6.20 Å². The lowest BCUT2D eigenvalue weighted by molar-refractivity contribution is -0.134. The van der Waals surface area contributed by atoms with Crippen molar-refractivity contribution < 1.29 is 9.53 Å². The van der Waals surface area contributed by atoms with E-state index in [0.717, 1.165) is 62.4 Å². The molecule has 27 heavy (non-hydrogen) atoms. The molecule has 0 radical (unpaired) electrons. The van der Waals surface area contributed by atoms with Gasteiger partial charge < -0.3 is 9.64 Å². The second-order valence-electron chi connectivity index (χ2n) is 7.28. The zero-order chi connectivity index (χ0) is 18.6. The van der Waals surface area contributed by atoms with Gasteiger partial charge in [-0.3, -0.25) is 14.7 Å². The Morgan fingerprint density at radius 3 is 2.70 bits per heavy atom. The molecule has 2 aromatic rings. The van der Waals surface area contributed by atoms with Gasteiger partial charge in [0.05, 0.1) is 0 Å². The molecule has 0 N–H and O–H groups in total. The number of pyridine rings is 1. The molecule has 6 heteroatoms. The van der Waals surface area contributed by atoms with E-state index in [0.29, 0.717) is 23.5 Å². The van der Waals surface area contributed by atoms with E-state index in [-0.39, 0.29) is 0 Å². The Morgan fingerprint density at radius 2 is 2.00 bits per heavy atom. The molecule has 0 bridgehead atoms. The van der Waals surface area contributed by atoms with Gasteiger partial charge in [-0.05, 0) is 37.1 Å². The van der Waals surface area contributed by atoms with Crippen molar-refractivity contribution in [3.8, 4) is 5.75 Å². The number of halogens is 1. The third-order valence-electron chi connectivity index (χ3n) is 5.14. The van der Waals surface area contributed by atoms with Gasteiger partial charge in [0.1, 0.15) is 12.4 Å². The van der Waals surface area contributed by atoms with Crippen molar-refractivity contribution in [1.29, 1.82) is 0 Å². The first-order valence-electron chi connectivity index (χ1n) is 9.50. The minimum atomic E-state index is 0.303. The van der Waals surface area contributed by atoms with Crippen LogP contribution in [0.3, 0.4) is 0 Å². The number of hydrogen-bond acceptors (Lipinski definition) is 4. The average molecular weight is 386 g/mol. The lowest BCUT2D eigenvalue weighted by Gasteiger charge is -2.35. The van der Waals surface area contributed by atoms with Crippen LogP contribution in [0.15, 0.2) is 42.7 Å². The summed E-state index contributed by atoms with van der Waals surface area (Å²) in [7, 11) is 0. The average Bonchev–Trinajstić information content (AvgIpc) is 3.54. The standard InChI is InChI=1S/C21H24ClN3O2/c22-19-5-6-20(27-15-16-2-1-7-23-13-16)18(12-19)14-24-8-10-25(11-9-24)21(26)17-3-4-17/h1-2,5-7,12-13,17H,3-4,8-11,14-15H2. The first kappa shape index (κ1) is 18.3. The van der Waals surface area contributed by atoms with E-state index in [2.05, 4.69) is 9.88 Å². The summed E-state index contributed by atoms with van der Waals surface area (Å²) in [5.41, 5.74) is 2.11. The van der Waals surface area contributed by atoms with Crippen LogP contribution in [0.25, 0.3) is 0 Å². The van der Waals surface area contributed by atoms with E-state index >= 15 is 0 Å². The fraction of sp³-hybridized carbons (Fsp3) is 0.429. The Hall–Kier alpha value is -2.11. The van der Waals surface area contributed by atoms with Crippen LogP contribution in [0.4, 0.5) is 0 Å². The third-order valence-corrected chi connectivity index (χ3v) is 5.38. The molecule has 1 aromatic carbocycles. The molecule has 2 aliphatic rings. The monoisotopic (exact) mass is 385 g/mol. The molecule has 0 unspecified atom stereocenters. The van der Waals surface area contributed by atoms with Crippen molar-refractivity contribution in [2.45, 2.75) is 26.0 Å². The maximum atomic E-state index is 12.2. The number of rotatable bonds is 6. The molecule has 2 fully saturated rings. The lowest BCUT2D eigenvalue weighted by atomic mass is 10.1. The van der Waals surface area contributed by atoms with Crippen LogP contribution >= 0.6 is 11.6 Å². The van der Waals surface area contributed by atoms with E-state index < -0.39 is 0 Å². The molecule has 142 valence electrons. The second kappa shape index (κ2) is 8.28. The van der Waals surface area contributed by atoms with Crippen molar-refractivity contribution in [1.82, 2.24) is 14.8 Å². The number of aromatic nitrogens is 1. The number of carbonyl (C=O) groups excluding carboxylic acids is 1. The molecular formula is C21H24ClN3O2. The Bertz CT molecular complexity index is 787. The van der Waals surface area contributed by atoms with Gasteiger partial charge >= 0.3 is 0 Å². The lowest BCUT2D eigenvalue weighted by Crippen LogP contribution is -2.48. The van der Waals surface area contributed by atoms with Gasteiger partial charge in [0.15, 0.2) is 0 Å². The predicted octanol–water partition coefficient (Wildman–Crippen LogP) is 3.37. The third kappa shape index (κ3) is 4.79. The summed E-state index contributed by atoms with van der Waals surface area (Å²) in [5, 5.41) is 0.710. The summed E-state index contributed by atoms with van der Waals surface area (Å²) >= 11 is 6.22. The van der Waals surface area contributed by atoms with Gasteiger partial charge in [-0.15, -0.1) is 0 Å². The Balaban J connectivity index is 1.36. The van der Waals surface area contributed by atoms with E-state index in [9.17, 15) is 4.79 Å². The molecular weight excluding hydrogens is 362 g/mol. The molecule has 1 aromatic heterocycles. The highest BCUT2D eigenvalue weighted by Gasteiger charge is 2.34. The van der Waals surface area contributed by atoms with Crippen LogP contribution in [0.2, 0.25) is 5.02 Å². The van der Waals surface area contributed by atoms with Crippen LogP contribution in [0, 0.1) is 5.92 Å². The summed E-state index contributed by atoms with van der Waals surface area (Å²) < 4.78 is 6.03. The van der Waals surface area contributed by atoms with Crippen molar-refractivity contribution in [2.24, 2.45) is 5.92 Å². The predicted molar refractivity (Wildman–Crippen MR) is 105 cm³/mol.